The van der Waals surface area contributed by atoms with Crippen LogP contribution in [0.5, 0.6) is 0 Å². The maximum absolute atomic E-state index is 11.0. The van der Waals surface area contributed by atoms with Crippen LogP contribution in [0, 0.1) is 5.92 Å². The van der Waals surface area contributed by atoms with Gasteiger partial charge in [0.1, 0.15) is 0 Å². The highest BCUT2D eigenvalue weighted by atomic mass is 35.5. The number of hydrogen-bond acceptors (Lipinski definition) is 3. The van der Waals surface area contributed by atoms with E-state index >= 15 is 0 Å². The highest BCUT2D eigenvalue weighted by Gasteiger charge is 2.25. The van der Waals surface area contributed by atoms with E-state index in [4.69, 9.17) is 5.11 Å². The van der Waals surface area contributed by atoms with Gasteiger partial charge in [0, 0.05) is 28.7 Å². The van der Waals surface area contributed by atoms with Crippen LogP contribution in [0.15, 0.2) is 24.8 Å². The van der Waals surface area contributed by atoms with Crippen molar-refractivity contribution < 1.29 is 9.90 Å². The highest BCUT2D eigenvalue weighted by Crippen LogP contribution is 2.32. The molecule has 4 nitrogen and oxygen atoms in total. The third kappa shape index (κ3) is 3.22. The van der Waals surface area contributed by atoms with Crippen LogP contribution in [0.2, 0.25) is 0 Å². The molecule has 108 valence electrons. The number of carboxylic acids is 1. The molecular weight excluding hydrogens is 296 g/mol. The number of fused-ring (bicyclic) bond motifs is 1. The van der Waals surface area contributed by atoms with Crippen molar-refractivity contribution in [3.05, 3.63) is 40.1 Å². The fourth-order valence-corrected chi connectivity index (χ4v) is 3.85. The van der Waals surface area contributed by atoms with E-state index < -0.39 is 5.97 Å². The summed E-state index contributed by atoms with van der Waals surface area (Å²) in [5.74, 6) is -0.841. The Bertz CT molecular complexity index is 580. The summed E-state index contributed by atoms with van der Waals surface area (Å²) in [6.07, 6.45) is 8.97. The SMILES string of the molecule is Cl.O=C(O)C1CCc2cc(CCn3ccnc3)sc2C1. The molecule has 1 aliphatic carbocycles. The molecule has 2 aromatic heterocycles. The summed E-state index contributed by atoms with van der Waals surface area (Å²) in [7, 11) is 0. The minimum absolute atomic E-state index is 0. The number of hydrogen-bond donors (Lipinski definition) is 1. The zero-order chi connectivity index (χ0) is 13.2. The standard InChI is InChI=1S/C14H16N2O2S.ClH/c17-14(18)11-2-1-10-7-12(19-13(10)8-11)3-5-16-6-4-15-9-16;/h4,6-7,9,11H,1-3,5,8H2,(H,17,18);1H. The van der Waals surface area contributed by atoms with Crippen molar-refractivity contribution in [1.82, 2.24) is 9.55 Å². The van der Waals surface area contributed by atoms with E-state index in [0.29, 0.717) is 6.42 Å². The second-order valence-electron chi connectivity index (χ2n) is 4.99. The number of rotatable bonds is 4. The molecule has 1 unspecified atom stereocenters. The fraction of sp³-hybridized carbons (Fsp3) is 0.429. The van der Waals surface area contributed by atoms with Crippen LogP contribution in [-0.4, -0.2) is 20.6 Å². The maximum atomic E-state index is 11.0. The van der Waals surface area contributed by atoms with Crippen molar-refractivity contribution >= 4 is 29.7 Å². The molecular formula is C14H17ClN2O2S. The lowest BCUT2D eigenvalue weighted by molar-refractivity contribution is -0.142. The number of aliphatic carboxylic acids is 1. The summed E-state index contributed by atoms with van der Waals surface area (Å²) in [6, 6.07) is 2.26. The molecule has 0 aromatic carbocycles. The topological polar surface area (TPSA) is 55.1 Å². The predicted octanol–water partition coefficient (Wildman–Crippen LogP) is 2.80. The van der Waals surface area contributed by atoms with Crippen LogP contribution in [0.1, 0.15) is 21.7 Å². The van der Waals surface area contributed by atoms with Gasteiger partial charge in [-0.3, -0.25) is 4.79 Å². The van der Waals surface area contributed by atoms with E-state index in [1.54, 1.807) is 17.5 Å². The fourth-order valence-electron chi connectivity index (χ4n) is 2.56. The Hall–Kier alpha value is -1.33. The number of carbonyl (C=O) groups is 1. The van der Waals surface area contributed by atoms with Gasteiger partial charge in [0.05, 0.1) is 12.2 Å². The molecule has 0 saturated carbocycles. The number of aryl methyl sites for hydroxylation is 3. The molecule has 3 rings (SSSR count). The molecule has 0 saturated heterocycles. The van der Waals surface area contributed by atoms with Crippen LogP contribution in [0.3, 0.4) is 0 Å². The molecule has 1 aliphatic rings. The first kappa shape index (κ1) is 15.1. The molecule has 2 aromatic rings. The summed E-state index contributed by atoms with van der Waals surface area (Å²) in [5, 5.41) is 9.09. The average molecular weight is 313 g/mol. The molecule has 1 N–H and O–H groups in total. The first-order valence-electron chi connectivity index (χ1n) is 6.51. The molecule has 6 heteroatoms. The number of aromatic nitrogens is 2. The molecule has 2 heterocycles. The van der Waals surface area contributed by atoms with Gasteiger partial charge >= 0.3 is 5.97 Å². The third-order valence-electron chi connectivity index (χ3n) is 3.67. The van der Waals surface area contributed by atoms with Gasteiger partial charge in [-0.15, -0.1) is 23.7 Å². The Morgan fingerprint density at radius 3 is 3.10 bits per heavy atom. The molecule has 0 aliphatic heterocycles. The molecule has 0 spiro atoms. The monoisotopic (exact) mass is 312 g/mol. The molecule has 20 heavy (non-hydrogen) atoms. The third-order valence-corrected chi connectivity index (χ3v) is 4.93. The smallest absolute Gasteiger partial charge is 0.306 e. The van der Waals surface area contributed by atoms with Gasteiger partial charge in [-0.25, -0.2) is 4.98 Å². The van der Waals surface area contributed by atoms with Crippen LogP contribution >= 0.6 is 23.7 Å². The van der Waals surface area contributed by atoms with E-state index in [1.807, 2.05) is 12.5 Å². The summed E-state index contributed by atoms with van der Waals surface area (Å²) >= 11 is 1.78. The van der Waals surface area contributed by atoms with Crippen molar-refractivity contribution in [3.8, 4) is 0 Å². The van der Waals surface area contributed by atoms with E-state index in [2.05, 4.69) is 15.6 Å². The van der Waals surface area contributed by atoms with Gasteiger partial charge in [-0.2, -0.15) is 0 Å². The van der Waals surface area contributed by atoms with E-state index in [1.165, 1.54) is 15.3 Å². The number of carboxylic acid groups (broad SMARTS) is 1. The van der Waals surface area contributed by atoms with Crippen LogP contribution in [-0.2, 0) is 30.6 Å². The van der Waals surface area contributed by atoms with Crippen LogP contribution in [0.25, 0.3) is 0 Å². The summed E-state index contributed by atoms with van der Waals surface area (Å²) in [4.78, 5) is 17.7. The summed E-state index contributed by atoms with van der Waals surface area (Å²) in [6.45, 7) is 0.932. The van der Waals surface area contributed by atoms with Crippen LogP contribution in [0.4, 0.5) is 0 Å². The lowest BCUT2D eigenvalue weighted by atomic mass is 9.89. The predicted molar refractivity (Wildman–Crippen MR) is 80.6 cm³/mol. The Morgan fingerprint density at radius 2 is 2.40 bits per heavy atom. The highest BCUT2D eigenvalue weighted by molar-refractivity contribution is 7.12. The normalized spacial score (nSPS) is 17.3. The lowest BCUT2D eigenvalue weighted by Gasteiger charge is -2.17. The number of imidazole rings is 1. The van der Waals surface area contributed by atoms with Gasteiger partial charge in [0.15, 0.2) is 0 Å². The molecule has 0 bridgehead atoms. The van der Waals surface area contributed by atoms with Crippen molar-refractivity contribution in [1.29, 1.82) is 0 Å². The average Bonchev–Trinajstić information content (AvgIpc) is 3.04. The van der Waals surface area contributed by atoms with Crippen molar-refractivity contribution in [3.63, 3.8) is 0 Å². The Kier molecular flexibility index (Phi) is 4.83. The molecule has 0 amide bonds. The Balaban J connectivity index is 0.00000147. The van der Waals surface area contributed by atoms with Crippen LogP contribution < -0.4 is 0 Å². The lowest BCUT2D eigenvalue weighted by Crippen LogP contribution is -2.20. The first-order chi connectivity index (χ1) is 9.22. The summed E-state index contributed by atoms with van der Waals surface area (Å²) < 4.78 is 2.07. The maximum Gasteiger partial charge on any atom is 0.306 e. The van der Waals surface area contributed by atoms with Gasteiger partial charge in [-0.1, -0.05) is 0 Å². The summed E-state index contributed by atoms with van der Waals surface area (Å²) in [5.41, 5.74) is 1.36. The van der Waals surface area contributed by atoms with Gasteiger partial charge < -0.3 is 9.67 Å². The zero-order valence-electron chi connectivity index (χ0n) is 11.0. The Morgan fingerprint density at radius 1 is 1.55 bits per heavy atom. The number of halogens is 1. The first-order valence-corrected chi connectivity index (χ1v) is 7.33. The second-order valence-corrected chi connectivity index (χ2v) is 6.21. The van der Waals surface area contributed by atoms with Gasteiger partial charge in [-0.05, 0) is 37.3 Å². The van der Waals surface area contributed by atoms with E-state index in [9.17, 15) is 4.79 Å². The van der Waals surface area contributed by atoms with Gasteiger partial charge in [0.25, 0.3) is 0 Å². The van der Waals surface area contributed by atoms with Gasteiger partial charge in [0.2, 0.25) is 0 Å². The molecule has 0 fully saturated rings. The van der Waals surface area contributed by atoms with Crippen molar-refractivity contribution in [2.45, 2.75) is 32.2 Å². The number of thiophene rings is 1. The zero-order valence-corrected chi connectivity index (χ0v) is 12.6. The molecule has 0 radical (unpaired) electrons. The number of nitrogens with zero attached hydrogens (tertiary/aromatic N) is 2. The minimum Gasteiger partial charge on any atom is -0.481 e. The quantitative estimate of drug-likeness (QED) is 0.944. The van der Waals surface area contributed by atoms with E-state index in [0.717, 1.165) is 25.8 Å². The van der Waals surface area contributed by atoms with Crippen molar-refractivity contribution in [2.24, 2.45) is 5.92 Å². The van der Waals surface area contributed by atoms with E-state index in [-0.39, 0.29) is 18.3 Å². The second kappa shape index (κ2) is 6.41. The Labute approximate surface area is 127 Å². The minimum atomic E-state index is -0.654. The molecule has 1 atom stereocenters. The largest absolute Gasteiger partial charge is 0.481 e. The van der Waals surface area contributed by atoms with Crippen molar-refractivity contribution in [2.75, 3.05) is 0 Å².